The SMILES string of the molecule is COc1cc(/C=C2\C(=O)NC(=O)N(c3ccc(Br)c(C)c3)C2=O)cc(Br)c1OCc1ccccc1F. The largest absolute Gasteiger partial charge is 0.493 e. The lowest BCUT2D eigenvalue weighted by atomic mass is 10.1. The molecule has 7 nitrogen and oxygen atoms in total. The number of nitrogens with zero attached hydrogens (tertiary/aromatic N) is 1. The van der Waals surface area contributed by atoms with Crippen LogP contribution in [0.15, 0.2) is 69.1 Å². The maximum atomic E-state index is 14.0. The van der Waals surface area contributed by atoms with Crippen molar-refractivity contribution < 1.29 is 28.2 Å². The predicted octanol–water partition coefficient (Wildman–Crippen LogP) is 5.91. The van der Waals surface area contributed by atoms with Gasteiger partial charge in [-0.15, -0.1) is 0 Å². The van der Waals surface area contributed by atoms with Gasteiger partial charge in [0, 0.05) is 10.0 Å². The molecular weight excluding hydrogens is 599 g/mol. The van der Waals surface area contributed by atoms with Crippen LogP contribution >= 0.6 is 31.9 Å². The molecule has 10 heteroatoms. The molecule has 4 amide bonds. The summed E-state index contributed by atoms with van der Waals surface area (Å²) in [5.74, 6) is -1.35. The number of benzene rings is 3. The highest BCUT2D eigenvalue weighted by molar-refractivity contribution is 9.10. The summed E-state index contributed by atoms with van der Waals surface area (Å²) in [6.07, 6.45) is 1.36. The third-order valence-corrected chi connectivity index (χ3v) is 6.87. The smallest absolute Gasteiger partial charge is 0.335 e. The zero-order valence-corrected chi connectivity index (χ0v) is 22.3. The Kier molecular flexibility index (Phi) is 7.56. The molecule has 0 atom stereocenters. The molecule has 1 N–H and O–H groups in total. The average Bonchev–Trinajstić information content (AvgIpc) is 2.83. The minimum Gasteiger partial charge on any atom is -0.493 e. The molecule has 4 rings (SSSR count). The highest BCUT2D eigenvalue weighted by Gasteiger charge is 2.37. The Morgan fingerprint density at radius 1 is 1.03 bits per heavy atom. The summed E-state index contributed by atoms with van der Waals surface area (Å²) in [5, 5.41) is 2.21. The number of imide groups is 2. The van der Waals surface area contributed by atoms with Crippen molar-refractivity contribution in [1.29, 1.82) is 0 Å². The number of rotatable bonds is 6. The van der Waals surface area contributed by atoms with E-state index in [4.69, 9.17) is 9.47 Å². The number of amides is 4. The minimum atomic E-state index is -0.834. The summed E-state index contributed by atoms with van der Waals surface area (Å²) in [6, 6.07) is 13.6. The van der Waals surface area contributed by atoms with Gasteiger partial charge in [-0.1, -0.05) is 34.1 Å². The summed E-state index contributed by atoms with van der Waals surface area (Å²) in [5.41, 5.74) is 1.72. The minimum absolute atomic E-state index is 0.0351. The van der Waals surface area contributed by atoms with Crippen LogP contribution in [0.2, 0.25) is 0 Å². The van der Waals surface area contributed by atoms with E-state index in [1.165, 1.54) is 19.3 Å². The van der Waals surface area contributed by atoms with Crippen LogP contribution in [0.25, 0.3) is 6.08 Å². The van der Waals surface area contributed by atoms with Gasteiger partial charge in [-0.3, -0.25) is 14.9 Å². The zero-order chi connectivity index (χ0) is 26.0. The van der Waals surface area contributed by atoms with Gasteiger partial charge in [-0.25, -0.2) is 14.1 Å². The van der Waals surface area contributed by atoms with Crippen molar-refractivity contribution in [2.45, 2.75) is 13.5 Å². The monoisotopic (exact) mass is 616 g/mol. The van der Waals surface area contributed by atoms with Gasteiger partial charge in [-0.05, 0) is 76.5 Å². The number of urea groups is 1. The number of carbonyl (C=O) groups excluding carboxylic acids is 3. The number of nitrogens with one attached hydrogen (secondary N) is 1. The summed E-state index contributed by atoms with van der Waals surface area (Å²) in [4.78, 5) is 39.2. The molecule has 3 aromatic carbocycles. The zero-order valence-electron chi connectivity index (χ0n) is 19.1. The van der Waals surface area contributed by atoms with Crippen molar-refractivity contribution >= 4 is 61.5 Å². The number of ether oxygens (including phenoxy) is 2. The molecule has 1 fully saturated rings. The van der Waals surface area contributed by atoms with Crippen molar-refractivity contribution in [2.24, 2.45) is 0 Å². The molecule has 0 bridgehead atoms. The number of halogens is 3. The lowest BCUT2D eigenvalue weighted by Gasteiger charge is -2.26. The van der Waals surface area contributed by atoms with Crippen molar-refractivity contribution in [3.8, 4) is 11.5 Å². The van der Waals surface area contributed by atoms with Gasteiger partial charge >= 0.3 is 6.03 Å². The average molecular weight is 618 g/mol. The third kappa shape index (κ3) is 5.19. The van der Waals surface area contributed by atoms with Crippen LogP contribution in [0, 0.1) is 12.7 Å². The number of hydrogen-bond acceptors (Lipinski definition) is 5. The second-order valence-electron chi connectivity index (χ2n) is 7.81. The highest BCUT2D eigenvalue weighted by Crippen LogP contribution is 2.38. The van der Waals surface area contributed by atoms with Crippen LogP contribution in [0.4, 0.5) is 14.9 Å². The van der Waals surface area contributed by atoms with Crippen molar-refractivity contribution in [2.75, 3.05) is 12.0 Å². The Hall–Kier alpha value is -3.50. The molecule has 0 saturated carbocycles. The topological polar surface area (TPSA) is 84.9 Å². The first-order valence-electron chi connectivity index (χ1n) is 10.6. The van der Waals surface area contributed by atoms with E-state index < -0.39 is 23.7 Å². The lowest BCUT2D eigenvalue weighted by molar-refractivity contribution is -0.122. The summed E-state index contributed by atoms with van der Waals surface area (Å²) < 4.78 is 26.5. The molecule has 0 aliphatic carbocycles. The number of aryl methyl sites for hydroxylation is 1. The van der Waals surface area contributed by atoms with Crippen molar-refractivity contribution in [1.82, 2.24) is 5.32 Å². The fourth-order valence-electron chi connectivity index (χ4n) is 3.56. The molecule has 1 heterocycles. The van der Waals surface area contributed by atoms with Crippen LogP contribution in [0.5, 0.6) is 11.5 Å². The van der Waals surface area contributed by atoms with E-state index in [0.717, 1.165) is 14.9 Å². The predicted molar refractivity (Wildman–Crippen MR) is 139 cm³/mol. The first-order valence-corrected chi connectivity index (χ1v) is 12.2. The Morgan fingerprint density at radius 2 is 1.78 bits per heavy atom. The number of anilines is 1. The van der Waals surface area contributed by atoms with Crippen molar-refractivity contribution in [3.63, 3.8) is 0 Å². The molecule has 184 valence electrons. The van der Waals surface area contributed by atoms with E-state index >= 15 is 0 Å². The quantitative estimate of drug-likeness (QED) is 0.274. The van der Waals surface area contributed by atoms with E-state index in [1.807, 2.05) is 6.92 Å². The molecule has 1 aliphatic rings. The maximum absolute atomic E-state index is 14.0. The maximum Gasteiger partial charge on any atom is 0.335 e. The molecule has 0 radical (unpaired) electrons. The normalized spacial score (nSPS) is 14.8. The highest BCUT2D eigenvalue weighted by atomic mass is 79.9. The number of hydrogen-bond donors (Lipinski definition) is 1. The summed E-state index contributed by atoms with van der Waals surface area (Å²) in [6.45, 7) is 1.79. The molecule has 0 aromatic heterocycles. The van der Waals surface area contributed by atoms with Crippen molar-refractivity contribution in [3.05, 3.63) is 91.6 Å². The number of barbiturate groups is 1. The fraction of sp³-hybridized carbons (Fsp3) is 0.115. The van der Waals surface area contributed by atoms with E-state index in [9.17, 15) is 18.8 Å². The number of carbonyl (C=O) groups is 3. The Morgan fingerprint density at radius 3 is 2.47 bits per heavy atom. The van der Waals surface area contributed by atoms with Crippen LogP contribution < -0.4 is 19.7 Å². The first-order chi connectivity index (χ1) is 17.2. The molecule has 1 saturated heterocycles. The Balaban J connectivity index is 1.66. The van der Waals surface area contributed by atoms with Crippen LogP contribution in [-0.2, 0) is 16.2 Å². The second kappa shape index (κ2) is 10.6. The fourth-order valence-corrected chi connectivity index (χ4v) is 4.38. The summed E-state index contributed by atoms with van der Waals surface area (Å²) >= 11 is 6.80. The molecule has 1 aliphatic heterocycles. The van der Waals surface area contributed by atoms with Gasteiger partial charge in [-0.2, -0.15) is 0 Å². The molecule has 36 heavy (non-hydrogen) atoms. The van der Waals surface area contributed by atoms with E-state index in [0.29, 0.717) is 32.8 Å². The molecule has 0 unspecified atom stereocenters. The van der Waals surface area contributed by atoms with Crippen LogP contribution in [0.1, 0.15) is 16.7 Å². The molecule has 3 aromatic rings. The Bertz CT molecular complexity index is 1420. The number of methoxy groups -OCH3 is 1. The van der Waals surface area contributed by atoms with Gasteiger partial charge in [0.2, 0.25) is 0 Å². The standard InChI is InChI=1S/C26H19Br2FN2O5/c1-14-9-17(7-8-19(14)27)31-25(33)18(24(32)30-26(31)34)10-15-11-20(28)23(22(12-15)35-2)36-13-16-5-3-4-6-21(16)29/h3-12H,13H2,1-2H3,(H,30,32,34)/b18-10+. The van der Waals surface area contributed by atoms with Gasteiger partial charge in [0.15, 0.2) is 11.5 Å². The molecular formula is C26H19Br2FN2O5. The van der Waals surface area contributed by atoms with Gasteiger partial charge < -0.3 is 9.47 Å². The van der Waals surface area contributed by atoms with E-state index in [1.54, 1.807) is 48.5 Å². The molecule has 0 spiro atoms. The van der Waals surface area contributed by atoms with E-state index in [2.05, 4.69) is 37.2 Å². The van der Waals surface area contributed by atoms with Gasteiger partial charge in [0.25, 0.3) is 11.8 Å². The Labute approximate surface area is 223 Å². The second-order valence-corrected chi connectivity index (χ2v) is 9.51. The third-order valence-electron chi connectivity index (χ3n) is 5.39. The lowest BCUT2D eigenvalue weighted by Crippen LogP contribution is -2.54. The van der Waals surface area contributed by atoms with Crippen LogP contribution in [0.3, 0.4) is 0 Å². The first kappa shape index (κ1) is 25.6. The van der Waals surface area contributed by atoms with Crippen LogP contribution in [-0.4, -0.2) is 25.0 Å². The van der Waals surface area contributed by atoms with Gasteiger partial charge in [0.05, 0.1) is 17.3 Å². The van der Waals surface area contributed by atoms with E-state index in [-0.39, 0.29) is 12.2 Å². The summed E-state index contributed by atoms with van der Waals surface area (Å²) in [7, 11) is 1.43. The van der Waals surface area contributed by atoms with Gasteiger partial charge in [0.1, 0.15) is 18.0 Å².